The van der Waals surface area contributed by atoms with Crippen LogP contribution in [0.4, 0.5) is 16.4 Å². The number of hydrogen-bond acceptors (Lipinski definition) is 10. The van der Waals surface area contributed by atoms with Gasteiger partial charge < -0.3 is 35.3 Å². The van der Waals surface area contributed by atoms with E-state index < -0.39 is 6.09 Å². The molecule has 0 bridgehead atoms. The van der Waals surface area contributed by atoms with E-state index in [0.29, 0.717) is 66.8 Å². The van der Waals surface area contributed by atoms with E-state index >= 15 is 0 Å². The molecular weight excluding hydrogens is 532 g/mol. The number of carbonyl (C=O) groups excluding carboxylic acids is 2. The second kappa shape index (κ2) is 12.8. The van der Waals surface area contributed by atoms with Crippen molar-refractivity contribution in [1.29, 1.82) is 5.26 Å². The largest absolute Gasteiger partial charge is 0.491 e. The van der Waals surface area contributed by atoms with Crippen LogP contribution in [0.3, 0.4) is 0 Å². The highest BCUT2D eigenvalue weighted by Crippen LogP contribution is 2.34. The smallest absolute Gasteiger partial charge is 0.415 e. The average molecular weight is 565 g/mol. The first-order valence-corrected chi connectivity index (χ1v) is 13.6. The molecule has 13 heteroatoms. The third kappa shape index (κ3) is 6.50. The molecule has 6 rings (SSSR count). The molecule has 3 unspecified atom stereocenters. The van der Waals surface area contributed by atoms with Gasteiger partial charge in [-0.3, -0.25) is 14.5 Å². The Morgan fingerprint density at radius 2 is 2.10 bits per heavy atom. The summed E-state index contributed by atoms with van der Waals surface area (Å²) in [6.07, 6.45) is 2.85. The summed E-state index contributed by atoms with van der Waals surface area (Å²) in [6.45, 7) is 3.24. The molecule has 1 aromatic carbocycles. The quantitative estimate of drug-likeness (QED) is 0.256. The minimum Gasteiger partial charge on any atom is -0.491 e. The molecule has 4 N–H and O–H groups in total. The summed E-state index contributed by atoms with van der Waals surface area (Å²) in [4.78, 5) is 38.2. The number of cyclic esters (lactones) is 1. The first-order valence-electron chi connectivity index (χ1n) is 13.6. The molecule has 2 aromatic rings. The van der Waals surface area contributed by atoms with Crippen LogP contribution in [-0.2, 0) is 27.2 Å². The van der Waals surface area contributed by atoms with Gasteiger partial charge in [-0.2, -0.15) is 5.26 Å². The summed E-state index contributed by atoms with van der Waals surface area (Å²) in [5.41, 5.74) is 3.00. The zero-order valence-corrected chi connectivity index (χ0v) is 22.4. The van der Waals surface area contributed by atoms with Gasteiger partial charge in [0.25, 0.3) is 12.4 Å². The number of hydrogen-bond donors (Lipinski definition) is 4. The Hall–Kier alpha value is -4.41. The molecule has 41 heavy (non-hydrogen) atoms. The number of nitrogens with one attached hydrogen (secondary N) is 3. The first-order chi connectivity index (χ1) is 20.0. The number of fused-ring (bicyclic) bond motifs is 2. The van der Waals surface area contributed by atoms with E-state index in [1.807, 2.05) is 6.07 Å². The molecule has 0 saturated carbocycles. The van der Waals surface area contributed by atoms with Crippen molar-refractivity contribution in [2.45, 2.75) is 37.8 Å². The van der Waals surface area contributed by atoms with Gasteiger partial charge in [0.15, 0.2) is 18.2 Å². The monoisotopic (exact) mass is 564 g/mol. The lowest BCUT2D eigenvalue weighted by atomic mass is 10.0. The fraction of sp³-hybridized carbons (Fsp3) is 0.464. The third-order valence-corrected chi connectivity index (χ3v) is 7.54. The number of pyridine rings is 1. The van der Waals surface area contributed by atoms with E-state index in [1.54, 1.807) is 12.1 Å². The van der Waals surface area contributed by atoms with Crippen molar-refractivity contribution in [3.05, 3.63) is 41.0 Å². The fourth-order valence-electron chi connectivity index (χ4n) is 5.37. The van der Waals surface area contributed by atoms with Crippen LogP contribution in [0.25, 0.3) is 0 Å². The number of carbonyl (C=O) groups is 3. The van der Waals surface area contributed by atoms with Gasteiger partial charge in [-0.15, -0.1) is 0 Å². The van der Waals surface area contributed by atoms with Crippen LogP contribution in [-0.4, -0.2) is 80.1 Å². The molecule has 2 amide bonds. The van der Waals surface area contributed by atoms with Gasteiger partial charge in [0, 0.05) is 6.04 Å². The fourth-order valence-corrected chi connectivity index (χ4v) is 5.37. The summed E-state index contributed by atoms with van der Waals surface area (Å²) in [5, 5.41) is 26.2. The Morgan fingerprint density at radius 1 is 1.27 bits per heavy atom. The lowest BCUT2D eigenvalue weighted by Crippen LogP contribution is -2.46. The van der Waals surface area contributed by atoms with Crippen LogP contribution in [0.2, 0.25) is 0 Å². The maximum atomic E-state index is 12.5. The molecule has 1 aliphatic carbocycles. The average Bonchev–Trinajstić information content (AvgIpc) is 3.52. The molecule has 0 spiro atoms. The van der Waals surface area contributed by atoms with Crippen LogP contribution in [0, 0.1) is 17.2 Å². The highest BCUT2D eigenvalue weighted by molar-refractivity contribution is 5.95. The maximum Gasteiger partial charge on any atom is 0.415 e. The number of anilines is 2. The molecule has 4 aliphatic rings. The number of carboxylic acid groups (broad SMARTS) is 1. The van der Waals surface area contributed by atoms with Gasteiger partial charge in [0.2, 0.25) is 0 Å². The normalized spacial score (nSPS) is 22.0. The molecule has 216 valence electrons. The Balaban J connectivity index is 0.00000108. The van der Waals surface area contributed by atoms with Crippen LogP contribution in [0.1, 0.15) is 29.5 Å². The predicted octanol–water partition coefficient (Wildman–Crippen LogP) is 1.45. The van der Waals surface area contributed by atoms with E-state index in [-0.39, 0.29) is 25.1 Å². The van der Waals surface area contributed by atoms with E-state index in [2.05, 4.69) is 33.1 Å². The standard InChI is InChI=1S/C27H30N6O5.CH2O2/c28-11-21-20-10-16(9-17(20)1-2-22(21)36-14-18-5-8-30-18)12-29-7-6-19-13-33(27(35)38-19)24-4-3-23-26(31-24)32-25(34)15-37-23;2-1-3/h1-4,16,18-19,29-30H,5-10,12-15H2,(H,31,32,34);1H,(H,2,3). The van der Waals surface area contributed by atoms with E-state index in [1.165, 1.54) is 10.5 Å². The van der Waals surface area contributed by atoms with Crippen molar-refractivity contribution in [3.63, 3.8) is 0 Å². The minimum absolute atomic E-state index is 0.0466. The second-order valence-electron chi connectivity index (χ2n) is 10.3. The molecular formula is C28H32N6O7. The number of nitriles is 1. The van der Waals surface area contributed by atoms with Crippen molar-refractivity contribution in [2.24, 2.45) is 5.92 Å². The van der Waals surface area contributed by atoms with Gasteiger partial charge in [0.05, 0.1) is 12.1 Å². The van der Waals surface area contributed by atoms with Gasteiger partial charge in [-0.25, -0.2) is 9.78 Å². The summed E-state index contributed by atoms with van der Waals surface area (Å²) >= 11 is 0. The Morgan fingerprint density at radius 3 is 2.85 bits per heavy atom. The number of benzene rings is 1. The van der Waals surface area contributed by atoms with E-state index in [4.69, 9.17) is 24.1 Å². The van der Waals surface area contributed by atoms with Crippen molar-refractivity contribution < 1.29 is 33.7 Å². The highest BCUT2D eigenvalue weighted by atomic mass is 16.6. The first kappa shape index (κ1) is 28.1. The molecule has 2 saturated heterocycles. The highest BCUT2D eigenvalue weighted by Gasteiger charge is 2.34. The number of aromatic nitrogens is 1. The molecule has 2 fully saturated rings. The Labute approximate surface area is 236 Å². The van der Waals surface area contributed by atoms with Gasteiger partial charge in [0.1, 0.15) is 30.3 Å². The second-order valence-corrected chi connectivity index (χ2v) is 10.3. The van der Waals surface area contributed by atoms with Crippen molar-refractivity contribution in [1.82, 2.24) is 15.6 Å². The summed E-state index contributed by atoms with van der Waals surface area (Å²) in [7, 11) is 0. The van der Waals surface area contributed by atoms with Gasteiger partial charge >= 0.3 is 6.09 Å². The number of rotatable bonds is 9. The topological polar surface area (TPSA) is 175 Å². The van der Waals surface area contributed by atoms with Gasteiger partial charge in [-0.05, 0) is 80.6 Å². The Bertz CT molecular complexity index is 1340. The number of amides is 2. The molecule has 4 heterocycles. The number of ether oxygens (including phenoxy) is 3. The zero-order chi connectivity index (χ0) is 28.8. The molecule has 13 nitrogen and oxygen atoms in total. The third-order valence-electron chi connectivity index (χ3n) is 7.54. The van der Waals surface area contributed by atoms with Crippen LogP contribution in [0.5, 0.6) is 11.5 Å². The summed E-state index contributed by atoms with van der Waals surface area (Å²) in [6, 6.07) is 10.2. The lowest BCUT2D eigenvalue weighted by Gasteiger charge is -2.27. The van der Waals surface area contributed by atoms with E-state index in [0.717, 1.165) is 37.9 Å². The molecule has 1 aromatic heterocycles. The van der Waals surface area contributed by atoms with Crippen LogP contribution in [0.15, 0.2) is 24.3 Å². The van der Waals surface area contributed by atoms with E-state index in [9.17, 15) is 14.9 Å². The minimum atomic E-state index is -0.452. The lowest BCUT2D eigenvalue weighted by molar-refractivity contribution is -0.123. The van der Waals surface area contributed by atoms with Crippen molar-refractivity contribution in [3.8, 4) is 17.6 Å². The SMILES string of the molecule is N#Cc1c(OCC2CCN2)ccc2c1CC(CNCCC1CN(c3ccc4c(n3)NC(=O)CO4)C(=O)O1)C2.O=CO. The van der Waals surface area contributed by atoms with Gasteiger partial charge in [-0.1, -0.05) is 6.07 Å². The van der Waals surface area contributed by atoms with Crippen LogP contribution < -0.4 is 30.3 Å². The number of nitrogens with zero attached hydrogens (tertiary/aromatic N) is 3. The van der Waals surface area contributed by atoms with Crippen LogP contribution >= 0.6 is 0 Å². The Kier molecular flexibility index (Phi) is 8.81. The zero-order valence-electron chi connectivity index (χ0n) is 22.4. The summed E-state index contributed by atoms with van der Waals surface area (Å²) in [5.74, 6) is 2.01. The molecule has 3 aliphatic heterocycles. The molecule has 0 radical (unpaired) electrons. The van der Waals surface area contributed by atoms with Crippen molar-refractivity contribution in [2.75, 3.05) is 49.6 Å². The maximum absolute atomic E-state index is 12.5. The summed E-state index contributed by atoms with van der Waals surface area (Å²) < 4.78 is 16.8. The molecule has 3 atom stereocenters. The van der Waals surface area contributed by atoms with Crippen molar-refractivity contribution >= 4 is 30.1 Å². The predicted molar refractivity (Wildman–Crippen MR) is 146 cm³/mol.